The highest BCUT2D eigenvalue weighted by Crippen LogP contribution is 2.21. The minimum atomic E-state index is 0. The van der Waals surface area contributed by atoms with E-state index in [0.717, 1.165) is 71.4 Å². The van der Waals surface area contributed by atoms with Gasteiger partial charge in [0.1, 0.15) is 0 Å². The van der Waals surface area contributed by atoms with Crippen LogP contribution in [0.25, 0.3) is 5.57 Å². The molecule has 5 nitrogen and oxygen atoms in total. The van der Waals surface area contributed by atoms with Gasteiger partial charge in [0.2, 0.25) is 0 Å². The van der Waals surface area contributed by atoms with Crippen LogP contribution in [0, 0.1) is 0 Å². The SMILES string of the molecule is CCNC(=NCCN1CCOCC1)N1CC=C(c2ccccc2)CC1.I. The first kappa shape index (κ1) is 21.2. The number of rotatable bonds is 5. The molecule has 0 aromatic heterocycles. The third-order valence-electron chi connectivity index (χ3n) is 4.77. The number of halogens is 1. The highest BCUT2D eigenvalue weighted by Gasteiger charge is 2.16. The molecule has 0 bridgehead atoms. The first-order chi connectivity index (χ1) is 12.4. The lowest BCUT2D eigenvalue weighted by Crippen LogP contribution is -2.44. The summed E-state index contributed by atoms with van der Waals surface area (Å²) in [5.74, 6) is 1.04. The number of nitrogens with zero attached hydrogens (tertiary/aromatic N) is 3. The summed E-state index contributed by atoms with van der Waals surface area (Å²) in [4.78, 5) is 9.64. The molecule has 2 aliphatic heterocycles. The maximum atomic E-state index is 5.40. The zero-order valence-corrected chi connectivity index (χ0v) is 18.0. The number of benzene rings is 1. The lowest BCUT2D eigenvalue weighted by Gasteiger charge is -2.30. The van der Waals surface area contributed by atoms with Crippen molar-refractivity contribution in [2.75, 3.05) is 59.0 Å². The Bertz CT molecular complexity index is 585. The largest absolute Gasteiger partial charge is 0.379 e. The second-order valence-corrected chi connectivity index (χ2v) is 6.48. The van der Waals surface area contributed by atoms with Crippen molar-refractivity contribution < 1.29 is 4.74 Å². The van der Waals surface area contributed by atoms with Crippen LogP contribution < -0.4 is 5.32 Å². The van der Waals surface area contributed by atoms with E-state index < -0.39 is 0 Å². The van der Waals surface area contributed by atoms with Gasteiger partial charge in [-0.1, -0.05) is 36.4 Å². The Morgan fingerprint density at radius 1 is 1.15 bits per heavy atom. The number of hydrogen-bond acceptors (Lipinski definition) is 3. The molecule has 144 valence electrons. The average molecular weight is 470 g/mol. The molecule has 26 heavy (non-hydrogen) atoms. The van der Waals surface area contributed by atoms with E-state index in [2.05, 4.69) is 58.4 Å². The smallest absolute Gasteiger partial charge is 0.194 e. The molecule has 2 aliphatic rings. The number of morpholine rings is 1. The molecule has 1 aromatic rings. The van der Waals surface area contributed by atoms with Gasteiger partial charge < -0.3 is 15.0 Å². The summed E-state index contributed by atoms with van der Waals surface area (Å²) in [6, 6.07) is 10.7. The van der Waals surface area contributed by atoms with E-state index in [1.807, 2.05) is 0 Å². The zero-order valence-electron chi connectivity index (χ0n) is 15.7. The van der Waals surface area contributed by atoms with Crippen molar-refractivity contribution in [1.82, 2.24) is 15.1 Å². The summed E-state index contributed by atoms with van der Waals surface area (Å²) in [6.45, 7) is 10.6. The van der Waals surface area contributed by atoms with Crippen LogP contribution in [0.2, 0.25) is 0 Å². The van der Waals surface area contributed by atoms with E-state index in [0.29, 0.717) is 0 Å². The molecular weight excluding hydrogens is 439 g/mol. The Morgan fingerprint density at radius 2 is 1.92 bits per heavy atom. The molecule has 2 heterocycles. The van der Waals surface area contributed by atoms with E-state index in [1.165, 1.54) is 11.1 Å². The van der Waals surface area contributed by atoms with Crippen LogP contribution in [0.3, 0.4) is 0 Å². The molecule has 0 radical (unpaired) electrons. The third-order valence-corrected chi connectivity index (χ3v) is 4.77. The van der Waals surface area contributed by atoms with Crippen LogP contribution in [-0.2, 0) is 4.74 Å². The summed E-state index contributed by atoms with van der Waals surface area (Å²) in [7, 11) is 0. The normalized spacial score (nSPS) is 18.9. The molecule has 0 unspecified atom stereocenters. The lowest BCUT2D eigenvalue weighted by molar-refractivity contribution is 0.0394. The maximum Gasteiger partial charge on any atom is 0.194 e. The van der Waals surface area contributed by atoms with Crippen LogP contribution in [0.15, 0.2) is 41.4 Å². The number of hydrogen-bond donors (Lipinski definition) is 1. The molecular formula is C20H31IN4O. The van der Waals surface area contributed by atoms with Crippen molar-refractivity contribution in [1.29, 1.82) is 0 Å². The summed E-state index contributed by atoms with van der Waals surface area (Å²) >= 11 is 0. The van der Waals surface area contributed by atoms with Gasteiger partial charge in [0.15, 0.2) is 5.96 Å². The van der Waals surface area contributed by atoms with Gasteiger partial charge in [-0.05, 0) is 24.5 Å². The quantitative estimate of drug-likeness (QED) is 0.408. The monoisotopic (exact) mass is 470 g/mol. The van der Waals surface area contributed by atoms with E-state index in [9.17, 15) is 0 Å². The summed E-state index contributed by atoms with van der Waals surface area (Å²) in [6.07, 6.45) is 3.41. The average Bonchev–Trinajstić information content (AvgIpc) is 2.69. The Balaban J connectivity index is 0.00000243. The van der Waals surface area contributed by atoms with Crippen molar-refractivity contribution in [3.8, 4) is 0 Å². The maximum absolute atomic E-state index is 5.40. The van der Waals surface area contributed by atoms with Gasteiger partial charge in [-0.3, -0.25) is 9.89 Å². The lowest BCUT2D eigenvalue weighted by atomic mass is 10.00. The van der Waals surface area contributed by atoms with E-state index >= 15 is 0 Å². The number of ether oxygens (including phenoxy) is 1. The van der Waals surface area contributed by atoms with Crippen molar-refractivity contribution in [3.63, 3.8) is 0 Å². The first-order valence-electron chi connectivity index (χ1n) is 9.44. The molecule has 1 N–H and O–H groups in total. The standard InChI is InChI=1S/C20H30N4O.HI/c1-2-21-20(22-10-13-23-14-16-25-17-15-23)24-11-8-19(9-12-24)18-6-4-3-5-7-18;/h3-8H,2,9-17H2,1H3,(H,21,22);1H. The third kappa shape index (κ3) is 6.25. The minimum absolute atomic E-state index is 0. The van der Waals surface area contributed by atoms with Crippen molar-refractivity contribution in [2.24, 2.45) is 4.99 Å². The predicted molar refractivity (Wildman–Crippen MR) is 119 cm³/mol. The molecule has 0 saturated carbocycles. The van der Waals surface area contributed by atoms with Crippen LogP contribution in [0.4, 0.5) is 0 Å². The fourth-order valence-corrected chi connectivity index (χ4v) is 3.32. The number of aliphatic imine (C=N–C) groups is 1. The molecule has 6 heteroatoms. The highest BCUT2D eigenvalue weighted by atomic mass is 127. The molecule has 1 aromatic carbocycles. The highest BCUT2D eigenvalue weighted by molar-refractivity contribution is 14.0. The van der Waals surface area contributed by atoms with Gasteiger partial charge in [0, 0.05) is 39.3 Å². The zero-order chi connectivity index (χ0) is 17.3. The first-order valence-corrected chi connectivity index (χ1v) is 9.44. The summed E-state index contributed by atoms with van der Waals surface area (Å²) in [5, 5.41) is 3.45. The Kier molecular flexibility index (Phi) is 9.42. The summed E-state index contributed by atoms with van der Waals surface area (Å²) < 4.78 is 5.40. The van der Waals surface area contributed by atoms with Gasteiger partial charge in [-0.15, -0.1) is 24.0 Å². The van der Waals surface area contributed by atoms with Crippen LogP contribution >= 0.6 is 24.0 Å². The summed E-state index contributed by atoms with van der Waals surface area (Å²) in [5.41, 5.74) is 2.79. The molecule has 0 amide bonds. The van der Waals surface area contributed by atoms with Crippen molar-refractivity contribution in [2.45, 2.75) is 13.3 Å². The van der Waals surface area contributed by atoms with Gasteiger partial charge in [0.25, 0.3) is 0 Å². The number of nitrogens with one attached hydrogen (secondary N) is 1. The topological polar surface area (TPSA) is 40.1 Å². The van der Waals surface area contributed by atoms with E-state index in [4.69, 9.17) is 9.73 Å². The molecule has 1 saturated heterocycles. The van der Waals surface area contributed by atoms with Gasteiger partial charge in [-0.2, -0.15) is 0 Å². The van der Waals surface area contributed by atoms with E-state index in [1.54, 1.807) is 0 Å². The fraction of sp³-hybridized carbons (Fsp3) is 0.550. The van der Waals surface area contributed by atoms with Crippen LogP contribution in [-0.4, -0.2) is 74.8 Å². The number of guanidine groups is 1. The minimum Gasteiger partial charge on any atom is -0.379 e. The molecule has 0 spiro atoms. The van der Waals surface area contributed by atoms with Crippen molar-refractivity contribution in [3.05, 3.63) is 42.0 Å². The predicted octanol–water partition coefficient (Wildman–Crippen LogP) is 2.69. The second-order valence-electron chi connectivity index (χ2n) is 6.48. The molecule has 0 aliphatic carbocycles. The molecule has 0 atom stereocenters. The van der Waals surface area contributed by atoms with Crippen LogP contribution in [0.1, 0.15) is 18.9 Å². The Hall–Kier alpha value is -1.12. The van der Waals surface area contributed by atoms with Crippen LogP contribution in [0.5, 0.6) is 0 Å². The van der Waals surface area contributed by atoms with Crippen molar-refractivity contribution >= 4 is 35.5 Å². The fourth-order valence-electron chi connectivity index (χ4n) is 3.32. The molecule has 1 fully saturated rings. The Labute approximate surface area is 174 Å². The Morgan fingerprint density at radius 3 is 2.58 bits per heavy atom. The molecule has 3 rings (SSSR count). The van der Waals surface area contributed by atoms with E-state index in [-0.39, 0.29) is 24.0 Å². The second kappa shape index (κ2) is 11.6. The van der Waals surface area contributed by atoms with Gasteiger partial charge in [-0.25, -0.2) is 0 Å². The van der Waals surface area contributed by atoms with Gasteiger partial charge in [0.05, 0.1) is 19.8 Å². The van der Waals surface area contributed by atoms with Gasteiger partial charge >= 0.3 is 0 Å².